The van der Waals surface area contributed by atoms with E-state index in [9.17, 15) is 9.90 Å². The Balaban J connectivity index is 1.41. The lowest BCUT2D eigenvalue weighted by molar-refractivity contribution is -0.783. The van der Waals surface area contributed by atoms with Gasteiger partial charge < -0.3 is 5.11 Å². The molecular formula is C42H51N6O2+3. The molecule has 0 bridgehead atoms. The number of benzene rings is 3. The number of carboxylic acid groups (broad SMARTS) is 1. The van der Waals surface area contributed by atoms with Gasteiger partial charge in [0.15, 0.2) is 0 Å². The Bertz CT molecular complexity index is 1910. The molecule has 0 saturated carbocycles. The number of carbonyl (C=O) groups is 1. The summed E-state index contributed by atoms with van der Waals surface area (Å²) in [6.07, 6.45) is 18.7. The van der Waals surface area contributed by atoms with E-state index >= 15 is 0 Å². The number of hydrogen-bond acceptors (Lipinski definition) is 1. The van der Waals surface area contributed by atoms with Crippen LogP contribution in [0.15, 0.2) is 92.6 Å². The van der Waals surface area contributed by atoms with Gasteiger partial charge in [-0.2, -0.15) is 0 Å². The van der Waals surface area contributed by atoms with E-state index in [-0.39, 0.29) is 6.42 Å². The maximum atomic E-state index is 12.8. The van der Waals surface area contributed by atoms with E-state index in [4.69, 9.17) is 0 Å². The number of aliphatic carboxylic acids is 1. The molecule has 0 amide bonds. The number of hydrogen-bond donors (Lipinski definition) is 1. The summed E-state index contributed by atoms with van der Waals surface area (Å²) in [7, 11) is 0. The fourth-order valence-electron chi connectivity index (χ4n) is 8.40. The van der Waals surface area contributed by atoms with Crippen LogP contribution in [0.4, 0.5) is 0 Å². The SMILES string of the molecule is Cc1cc(C)c(-n2cc[n+](CC(CC(=O)O)(C[n+]3ccn(-c4c(C)cc(C)cc4C)c3)C[n+]3ccn(-c4c(C)cc(C)cc4C)c3)c2)c(C)c1. The predicted molar refractivity (Wildman–Crippen MR) is 195 cm³/mol. The quantitative estimate of drug-likeness (QED) is 0.159. The van der Waals surface area contributed by atoms with E-state index in [1.165, 1.54) is 50.1 Å². The third-order valence-corrected chi connectivity index (χ3v) is 9.84. The van der Waals surface area contributed by atoms with Gasteiger partial charge in [0.05, 0.1) is 11.8 Å². The summed E-state index contributed by atoms with van der Waals surface area (Å²) >= 11 is 0. The fourth-order valence-corrected chi connectivity index (χ4v) is 8.40. The normalized spacial score (nSPS) is 11.8. The Morgan fingerprint density at radius 1 is 0.520 bits per heavy atom. The maximum Gasteiger partial charge on any atom is 0.304 e. The molecule has 0 atom stereocenters. The minimum atomic E-state index is -0.814. The zero-order valence-corrected chi connectivity index (χ0v) is 31.0. The largest absolute Gasteiger partial charge is 0.481 e. The van der Waals surface area contributed by atoms with E-state index < -0.39 is 11.4 Å². The van der Waals surface area contributed by atoms with Crippen LogP contribution in [0.3, 0.4) is 0 Å². The van der Waals surface area contributed by atoms with Crippen LogP contribution in [0, 0.1) is 67.7 Å². The Morgan fingerprint density at radius 3 is 1.02 bits per heavy atom. The number of aromatic nitrogens is 6. The first-order valence-electron chi connectivity index (χ1n) is 17.4. The summed E-state index contributed by atoms with van der Waals surface area (Å²) in [6.45, 7) is 20.8. The monoisotopic (exact) mass is 671 g/mol. The van der Waals surface area contributed by atoms with Crippen LogP contribution in [0.2, 0.25) is 0 Å². The van der Waals surface area contributed by atoms with Crippen LogP contribution in [0.25, 0.3) is 17.1 Å². The van der Waals surface area contributed by atoms with Crippen molar-refractivity contribution in [2.45, 2.75) is 88.4 Å². The van der Waals surface area contributed by atoms with Gasteiger partial charge in [-0.05, 0) is 95.7 Å². The van der Waals surface area contributed by atoms with E-state index in [1.54, 1.807) is 0 Å². The number of aryl methyl sites for hydroxylation is 9. The van der Waals surface area contributed by atoms with Crippen molar-refractivity contribution >= 4 is 5.97 Å². The van der Waals surface area contributed by atoms with Crippen LogP contribution in [0.5, 0.6) is 0 Å². The van der Waals surface area contributed by atoms with Crippen molar-refractivity contribution in [2.24, 2.45) is 5.41 Å². The number of imidazole rings is 3. The van der Waals surface area contributed by atoms with Gasteiger partial charge in [-0.3, -0.25) is 4.79 Å². The summed E-state index contributed by atoms with van der Waals surface area (Å²) in [6, 6.07) is 13.2. The molecule has 6 rings (SSSR count). The topological polar surface area (TPSA) is 63.7 Å². The number of nitrogens with zero attached hydrogens (tertiary/aromatic N) is 6. The second kappa shape index (κ2) is 13.6. The second-order valence-electron chi connectivity index (χ2n) is 14.8. The van der Waals surface area contributed by atoms with Crippen molar-refractivity contribution < 1.29 is 23.6 Å². The molecule has 3 aromatic heterocycles. The third-order valence-electron chi connectivity index (χ3n) is 9.84. The van der Waals surface area contributed by atoms with Crippen molar-refractivity contribution in [3.05, 3.63) is 143 Å². The highest BCUT2D eigenvalue weighted by Crippen LogP contribution is 2.27. The molecule has 0 aliphatic rings. The highest BCUT2D eigenvalue weighted by Gasteiger charge is 2.41. The van der Waals surface area contributed by atoms with Gasteiger partial charge in [0, 0.05) is 0 Å². The summed E-state index contributed by atoms with van der Waals surface area (Å²) in [4.78, 5) is 12.8. The van der Waals surface area contributed by atoms with Gasteiger partial charge in [0.2, 0.25) is 19.0 Å². The predicted octanol–water partition coefficient (Wildman–Crippen LogP) is 6.56. The molecule has 50 heavy (non-hydrogen) atoms. The van der Waals surface area contributed by atoms with Crippen molar-refractivity contribution in [1.29, 1.82) is 0 Å². The molecule has 0 radical (unpaired) electrons. The van der Waals surface area contributed by atoms with E-state index in [0.717, 1.165) is 17.1 Å². The molecule has 8 heteroatoms. The highest BCUT2D eigenvalue weighted by molar-refractivity contribution is 5.67. The zero-order valence-electron chi connectivity index (χ0n) is 31.0. The van der Waals surface area contributed by atoms with Crippen LogP contribution < -0.4 is 13.7 Å². The number of carboxylic acids is 1. The molecule has 0 spiro atoms. The Kier molecular flexibility index (Phi) is 9.40. The van der Waals surface area contributed by atoms with E-state index in [2.05, 4.69) is 182 Å². The first-order chi connectivity index (χ1) is 23.7. The molecule has 1 N–H and O–H groups in total. The van der Waals surface area contributed by atoms with Crippen molar-refractivity contribution in [3.8, 4) is 17.1 Å². The smallest absolute Gasteiger partial charge is 0.304 e. The molecular weight excluding hydrogens is 621 g/mol. The van der Waals surface area contributed by atoms with Gasteiger partial charge in [0.1, 0.15) is 73.9 Å². The standard InChI is InChI=1S/C42H50N6O2/c1-29-16-32(4)39(33(5)17-29)46-13-10-43(26-46)23-42(22-38(49)50,24-44-11-14-47(27-44)40-34(6)18-30(2)19-35(40)7)25-45-12-15-48(28-45)41-36(8)20-31(3)21-37(41)9/h10-21,26-28H,22-25H2,1-9H3/q+2/p+1. The highest BCUT2D eigenvalue weighted by atomic mass is 16.4. The van der Waals surface area contributed by atoms with Crippen LogP contribution in [-0.4, -0.2) is 24.8 Å². The van der Waals surface area contributed by atoms with Crippen LogP contribution in [-0.2, 0) is 24.4 Å². The maximum absolute atomic E-state index is 12.8. The molecule has 0 saturated heterocycles. The minimum absolute atomic E-state index is 0.00466. The Morgan fingerprint density at radius 2 is 0.780 bits per heavy atom. The van der Waals surface area contributed by atoms with Crippen molar-refractivity contribution in [1.82, 2.24) is 13.7 Å². The van der Waals surface area contributed by atoms with E-state index in [0.29, 0.717) is 19.6 Å². The van der Waals surface area contributed by atoms with E-state index in [1.807, 2.05) is 0 Å². The number of rotatable bonds is 11. The lowest BCUT2D eigenvalue weighted by Gasteiger charge is -2.27. The zero-order chi connectivity index (χ0) is 35.9. The van der Waals surface area contributed by atoms with Crippen molar-refractivity contribution in [3.63, 3.8) is 0 Å². The molecule has 0 aliphatic heterocycles. The summed E-state index contributed by atoms with van der Waals surface area (Å²) in [5, 5.41) is 10.5. The molecule has 6 aromatic rings. The summed E-state index contributed by atoms with van der Waals surface area (Å²) in [5.41, 5.74) is 13.8. The average Bonchev–Trinajstić information content (AvgIpc) is 3.74. The molecule has 3 heterocycles. The summed E-state index contributed by atoms with van der Waals surface area (Å²) in [5.74, 6) is -0.814. The van der Waals surface area contributed by atoms with Crippen LogP contribution >= 0.6 is 0 Å². The molecule has 258 valence electrons. The average molecular weight is 672 g/mol. The summed E-state index contributed by atoms with van der Waals surface area (Å²) < 4.78 is 12.9. The second-order valence-corrected chi connectivity index (χ2v) is 14.8. The third kappa shape index (κ3) is 7.20. The molecule has 0 fully saturated rings. The minimum Gasteiger partial charge on any atom is -0.481 e. The van der Waals surface area contributed by atoms with Gasteiger partial charge in [-0.15, -0.1) is 0 Å². The fraction of sp³-hybridized carbons (Fsp3) is 0.333. The lowest BCUT2D eigenvalue weighted by Crippen LogP contribution is -2.57. The van der Waals surface area contributed by atoms with Gasteiger partial charge in [-0.25, -0.2) is 27.4 Å². The van der Waals surface area contributed by atoms with Gasteiger partial charge >= 0.3 is 5.97 Å². The molecule has 0 aliphatic carbocycles. The molecule has 3 aromatic carbocycles. The van der Waals surface area contributed by atoms with Crippen molar-refractivity contribution in [2.75, 3.05) is 0 Å². The Labute approximate surface area is 296 Å². The lowest BCUT2D eigenvalue weighted by atomic mass is 9.83. The van der Waals surface area contributed by atoms with Gasteiger partial charge in [0.25, 0.3) is 0 Å². The Hall–Kier alpha value is -5.24. The molecule has 0 unspecified atom stereocenters. The molecule has 8 nitrogen and oxygen atoms in total. The van der Waals surface area contributed by atoms with Gasteiger partial charge in [-0.1, -0.05) is 53.1 Å². The first kappa shape index (κ1) is 34.6. The van der Waals surface area contributed by atoms with Crippen LogP contribution in [0.1, 0.15) is 56.5 Å². The first-order valence-corrected chi connectivity index (χ1v) is 17.4.